The second-order valence-corrected chi connectivity index (χ2v) is 5.30. The number of anilines is 2. The standard InChI is InChI=1S/C14H12N4OS/c1-8-4-9(5-13(15)17-8)14(19)18-10-2-3-11-12(6-10)20-7-16-11/h2-7H,1H3,(H2,15,17)(H,18,19). The number of aryl methyl sites for hydroxylation is 1. The van der Waals surface area contributed by atoms with Gasteiger partial charge in [0.15, 0.2) is 0 Å². The topological polar surface area (TPSA) is 80.9 Å². The van der Waals surface area contributed by atoms with E-state index in [0.717, 1.165) is 15.9 Å². The molecule has 3 N–H and O–H groups in total. The lowest BCUT2D eigenvalue weighted by atomic mass is 10.2. The van der Waals surface area contributed by atoms with Crippen LogP contribution in [0.5, 0.6) is 0 Å². The molecule has 0 bridgehead atoms. The van der Waals surface area contributed by atoms with Gasteiger partial charge < -0.3 is 11.1 Å². The van der Waals surface area contributed by atoms with E-state index in [1.807, 2.05) is 18.2 Å². The minimum Gasteiger partial charge on any atom is -0.384 e. The molecule has 6 heteroatoms. The predicted molar refractivity (Wildman–Crippen MR) is 81.0 cm³/mol. The van der Waals surface area contributed by atoms with E-state index < -0.39 is 0 Å². The number of fused-ring (bicyclic) bond motifs is 1. The highest BCUT2D eigenvalue weighted by atomic mass is 32.1. The number of amides is 1. The van der Waals surface area contributed by atoms with Crippen molar-refractivity contribution in [3.05, 3.63) is 47.1 Å². The summed E-state index contributed by atoms with van der Waals surface area (Å²) in [5.74, 6) is 0.138. The van der Waals surface area contributed by atoms with Crippen molar-refractivity contribution in [2.45, 2.75) is 6.92 Å². The summed E-state index contributed by atoms with van der Waals surface area (Å²) in [6, 6.07) is 8.89. The average Bonchev–Trinajstić information content (AvgIpc) is 2.85. The van der Waals surface area contributed by atoms with Gasteiger partial charge in [-0.3, -0.25) is 4.79 Å². The molecule has 2 aromatic heterocycles. The Hall–Kier alpha value is -2.47. The number of carbonyl (C=O) groups excluding carboxylic acids is 1. The lowest BCUT2D eigenvalue weighted by Gasteiger charge is -2.06. The van der Waals surface area contributed by atoms with Gasteiger partial charge in [0.1, 0.15) is 5.82 Å². The van der Waals surface area contributed by atoms with Crippen LogP contribution in [0, 0.1) is 6.92 Å². The van der Waals surface area contributed by atoms with Gasteiger partial charge in [-0.05, 0) is 37.3 Å². The van der Waals surface area contributed by atoms with E-state index in [1.54, 1.807) is 24.6 Å². The number of rotatable bonds is 2. The molecule has 2 heterocycles. The minimum atomic E-state index is -0.203. The summed E-state index contributed by atoms with van der Waals surface area (Å²) in [5.41, 5.74) is 10.3. The van der Waals surface area contributed by atoms with Crippen LogP contribution in [0.2, 0.25) is 0 Å². The fraction of sp³-hybridized carbons (Fsp3) is 0.0714. The maximum Gasteiger partial charge on any atom is 0.255 e. The second-order valence-electron chi connectivity index (χ2n) is 4.41. The molecule has 3 aromatic rings. The van der Waals surface area contributed by atoms with Crippen molar-refractivity contribution in [1.29, 1.82) is 0 Å². The number of hydrogen-bond acceptors (Lipinski definition) is 5. The Labute approximate surface area is 119 Å². The number of nitrogen functional groups attached to an aromatic ring is 1. The molecular formula is C14H12N4OS. The Kier molecular flexibility index (Phi) is 3.08. The van der Waals surface area contributed by atoms with E-state index in [-0.39, 0.29) is 5.91 Å². The zero-order valence-corrected chi connectivity index (χ0v) is 11.6. The number of aromatic nitrogens is 2. The van der Waals surface area contributed by atoms with Crippen LogP contribution in [0.15, 0.2) is 35.8 Å². The Bertz CT molecular complexity index is 776. The van der Waals surface area contributed by atoms with Crippen LogP contribution < -0.4 is 11.1 Å². The number of pyridine rings is 1. The fourth-order valence-corrected chi connectivity index (χ4v) is 2.68. The van der Waals surface area contributed by atoms with Crippen LogP contribution in [-0.4, -0.2) is 15.9 Å². The summed E-state index contributed by atoms with van der Waals surface area (Å²) in [7, 11) is 0. The van der Waals surface area contributed by atoms with Crippen molar-refractivity contribution >= 4 is 39.0 Å². The molecular weight excluding hydrogens is 272 g/mol. The fourth-order valence-electron chi connectivity index (χ4n) is 1.96. The minimum absolute atomic E-state index is 0.203. The molecule has 20 heavy (non-hydrogen) atoms. The third-order valence-electron chi connectivity index (χ3n) is 2.82. The van der Waals surface area contributed by atoms with E-state index in [2.05, 4.69) is 15.3 Å². The van der Waals surface area contributed by atoms with Gasteiger partial charge >= 0.3 is 0 Å². The molecule has 0 fully saturated rings. The van der Waals surface area contributed by atoms with E-state index >= 15 is 0 Å². The van der Waals surface area contributed by atoms with E-state index in [9.17, 15) is 4.79 Å². The van der Waals surface area contributed by atoms with Gasteiger partial charge in [-0.15, -0.1) is 11.3 Å². The van der Waals surface area contributed by atoms with Gasteiger partial charge in [0.05, 0.1) is 15.7 Å². The molecule has 0 radical (unpaired) electrons. The van der Waals surface area contributed by atoms with Gasteiger partial charge in [-0.2, -0.15) is 0 Å². The smallest absolute Gasteiger partial charge is 0.255 e. The predicted octanol–water partition coefficient (Wildman–Crippen LogP) is 2.83. The molecule has 0 saturated heterocycles. The molecule has 1 aromatic carbocycles. The Morgan fingerprint density at radius 2 is 2.15 bits per heavy atom. The van der Waals surface area contributed by atoms with E-state index in [4.69, 9.17) is 5.73 Å². The quantitative estimate of drug-likeness (QED) is 0.758. The highest BCUT2D eigenvalue weighted by molar-refractivity contribution is 7.16. The molecule has 0 aliphatic carbocycles. The lowest BCUT2D eigenvalue weighted by Crippen LogP contribution is -2.13. The number of carbonyl (C=O) groups is 1. The Balaban J connectivity index is 1.87. The molecule has 0 aliphatic rings. The lowest BCUT2D eigenvalue weighted by molar-refractivity contribution is 0.102. The molecule has 0 spiro atoms. The molecule has 100 valence electrons. The van der Waals surface area contributed by atoms with Crippen molar-refractivity contribution in [2.75, 3.05) is 11.1 Å². The normalized spacial score (nSPS) is 10.7. The summed E-state index contributed by atoms with van der Waals surface area (Å²) in [4.78, 5) is 20.4. The zero-order valence-electron chi connectivity index (χ0n) is 10.8. The number of hydrogen-bond donors (Lipinski definition) is 2. The zero-order chi connectivity index (χ0) is 14.1. The van der Waals surface area contributed by atoms with Crippen molar-refractivity contribution < 1.29 is 4.79 Å². The average molecular weight is 284 g/mol. The molecule has 1 amide bonds. The van der Waals surface area contributed by atoms with Crippen LogP contribution in [-0.2, 0) is 0 Å². The highest BCUT2D eigenvalue weighted by Gasteiger charge is 2.09. The van der Waals surface area contributed by atoms with Gasteiger partial charge in [0.25, 0.3) is 5.91 Å². The van der Waals surface area contributed by atoms with Gasteiger partial charge in [0, 0.05) is 16.9 Å². The van der Waals surface area contributed by atoms with Crippen LogP contribution in [0.1, 0.15) is 16.1 Å². The number of nitrogens with two attached hydrogens (primary N) is 1. The molecule has 0 aliphatic heterocycles. The first-order valence-corrected chi connectivity index (χ1v) is 6.88. The van der Waals surface area contributed by atoms with Crippen molar-refractivity contribution in [1.82, 2.24) is 9.97 Å². The van der Waals surface area contributed by atoms with Gasteiger partial charge in [-0.1, -0.05) is 0 Å². The van der Waals surface area contributed by atoms with Gasteiger partial charge in [0.2, 0.25) is 0 Å². The van der Waals surface area contributed by atoms with E-state index in [1.165, 1.54) is 11.3 Å². The third-order valence-corrected chi connectivity index (χ3v) is 3.62. The third kappa shape index (κ3) is 2.46. The molecule has 0 unspecified atom stereocenters. The first-order valence-electron chi connectivity index (χ1n) is 6.00. The largest absolute Gasteiger partial charge is 0.384 e. The first kappa shape index (κ1) is 12.6. The van der Waals surface area contributed by atoms with Crippen LogP contribution in [0.4, 0.5) is 11.5 Å². The van der Waals surface area contributed by atoms with Crippen LogP contribution >= 0.6 is 11.3 Å². The van der Waals surface area contributed by atoms with E-state index in [0.29, 0.717) is 17.1 Å². The maximum atomic E-state index is 12.2. The van der Waals surface area contributed by atoms with Crippen molar-refractivity contribution in [3.8, 4) is 0 Å². The maximum absolute atomic E-state index is 12.2. The monoisotopic (exact) mass is 284 g/mol. The Morgan fingerprint density at radius 1 is 1.30 bits per heavy atom. The summed E-state index contributed by atoms with van der Waals surface area (Å²) in [6.45, 7) is 1.80. The molecule has 0 atom stereocenters. The second kappa shape index (κ2) is 4.90. The number of benzene rings is 1. The summed E-state index contributed by atoms with van der Waals surface area (Å²) in [6.07, 6.45) is 0. The highest BCUT2D eigenvalue weighted by Crippen LogP contribution is 2.22. The number of nitrogens with one attached hydrogen (secondary N) is 1. The molecule has 0 saturated carbocycles. The summed E-state index contributed by atoms with van der Waals surface area (Å²) >= 11 is 1.54. The molecule has 3 rings (SSSR count). The van der Waals surface area contributed by atoms with Crippen LogP contribution in [0.25, 0.3) is 10.2 Å². The number of nitrogens with zero attached hydrogens (tertiary/aromatic N) is 2. The number of thiazole rings is 1. The summed E-state index contributed by atoms with van der Waals surface area (Å²) in [5, 5.41) is 2.85. The van der Waals surface area contributed by atoms with Crippen molar-refractivity contribution in [2.24, 2.45) is 0 Å². The SMILES string of the molecule is Cc1cc(C(=O)Nc2ccc3ncsc3c2)cc(N)n1. The van der Waals surface area contributed by atoms with Gasteiger partial charge in [-0.25, -0.2) is 9.97 Å². The van der Waals surface area contributed by atoms with Crippen molar-refractivity contribution in [3.63, 3.8) is 0 Å². The van der Waals surface area contributed by atoms with Crippen LogP contribution in [0.3, 0.4) is 0 Å². The first-order chi connectivity index (χ1) is 9.61. The summed E-state index contributed by atoms with van der Waals surface area (Å²) < 4.78 is 1.04. The Morgan fingerprint density at radius 3 is 2.95 bits per heavy atom. The molecule has 5 nitrogen and oxygen atoms in total.